The van der Waals surface area contributed by atoms with Crippen LogP contribution in [-0.2, 0) is 9.59 Å². The van der Waals surface area contributed by atoms with Crippen LogP contribution in [0, 0.1) is 6.92 Å². The van der Waals surface area contributed by atoms with Gasteiger partial charge < -0.3 is 30.7 Å². The highest BCUT2D eigenvalue weighted by Crippen LogP contribution is 2.34. The summed E-state index contributed by atoms with van der Waals surface area (Å²) in [6.45, 7) is 1.35. The number of aliphatic hydroxyl groups excluding tert-OH is 1. The minimum atomic E-state index is -1.33. The van der Waals surface area contributed by atoms with E-state index in [0.717, 1.165) is 0 Å². The lowest BCUT2D eigenvalue weighted by atomic mass is 9.91. The Hall–Kier alpha value is -3.99. The van der Waals surface area contributed by atoms with Crippen molar-refractivity contribution in [2.24, 2.45) is 0 Å². The molecule has 6 N–H and O–H groups in total. The summed E-state index contributed by atoms with van der Waals surface area (Å²) in [5, 5.41) is 40.9. The van der Waals surface area contributed by atoms with Gasteiger partial charge in [-0.05, 0) is 36.6 Å². The Labute approximate surface area is 181 Å². The Morgan fingerprint density at radius 2 is 1.81 bits per heavy atom. The van der Waals surface area contributed by atoms with Gasteiger partial charge >= 0.3 is 11.9 Å². The number of carboxylic acids is 2. The normalized spacial score (nSPS) is 12.9. The molecule has 0 aliphatic carbocycles. The van der Waals surface area contributed by atoms with Crippen molar-refractivity contribution < 1.29 is 34.8 Å². The number of aliphatic hydroxyl groups is 1. The van der Waals surface area contributed by atoms with Gasteiger partial charge in [-0.25, -0.2) is 9.78 Å². The second kappa shape index (κ2) is 9.43. The van der Waals surface area contributed by atoms with Crippen LogP contribution in [0.25, 0.3) is 11.0 Å². The van der Waals surface area contributed by atoms with Crippen LogP contribution in [0.5, 0.6) is 5.88 Å². The number of nitrogens with zero attached hydrogens (tertiary/aromatic N) is 2. The number of H-pyrrole nitrogens is 1. The molecule has 168 valence electrons. The van der Waals surface area contributed by atoms with E-state index >= 15 is 0 Å². The van der Waals surface area contributed by atoms with Gasteiger partial charge in [0.05, 0.1) is 12.0 Å². The number of aliphatic carboxylic acids is 2. The van der Waals surface area contributed by atoms with E-state index < -0.39 is 36.2 Å². The lowest BCUT2D eigenvalue weighted by molar-refractivity contribution is -0.140. The summed E-state index contributed by atoms with van der Waals surface area (Å²) in [5.74, 6) is -3.51. The summed E-state index contributed by atoms with van der Waals surface area (Å²) in [4.78, 5) is 45.5. The van der Waals surface area contributed by atoms with Gasteiger partial charge in [0.25, 0.3) is 5.91 Å². The lowest BCUT2D eigenvalue weighted by Crippen LogP contribution is -2.41. The summed E-state index contributed by atoms with van der Waals surface area (Å²) in [5.41, 5.74) is 1.83. The van der Waals surface area contributed by atoms with E-state index in [-0.39, 0.29) is 24.5 Å². The highest BCUT2D eigenvalue weighted by molar-refractivity contribution is 5.96. The van der Waals surface area contributed by atoms with Crippen molar-refractivity contribution in [1.82, 2.24) is 20.3 Å². The fraction of sp³-hybridized carbons (Fsp3) is 0.286. The summed E-state index contributed by atoms with van der Waals surface area (Å²) in [7, 11) is 0. The Bertz CT molecular complexity index is 1160. The molecule has 0 fully saturated rings. The molecular formula is C21H22N4O7. The van der Waals surface area contributed by atoms with Crippen LogP contribution in [-0.4, -0.2) is 65.9 Å². The van der Waals surface area contributed by atoms with Crippen molar-refractivity contribution in [2.45, 2.75) is 31.7 Å². The number of aromatic hydroxyl groups is 1. The highest BCUT2D eigenvalue weighted by Gasteiger charge is 2.23. The Balaban J connectivity index is 1.81. The number of fused-ring (bicyclic) bond motifs is 1. The second-order valence-electron chi connectivity index (χ2n) is 7.22. The first-order valence-corrected chi connectivity index (χ1v) is 9.72. The van der Waals surface area contributed by atoms with Crippen molar-refractivity contribution in [1.29, 1.82) is 0 Å². The van der Waals surface area contributed by atoms with Crippen LogP contribution in [0.2, 0.25) is 0 Å². The van der Waals surface area contributed by atoms with Crippen molar-refractivity contribution in [3.8, 4) is 5.88 Å². The fourth-order valence-electron chi connectivity index (χ4n) is 3.44. The number of amides is 1. The van der Waals surface area contributed by atoms with E-state index in [1.807, 2.05) is 0 Å². The Morgan fingerprint density at radius 1 is 1.12 bits per heavy atom. The van der Waals surface area contributed by atoms with Crippen molar-refractivity contribution in [2.75, 3.05) is 6.61 Å². The minimum Gasteiger partial charge on any atom is -0.493 e. The van der Waals surface area contributed by atoms with Gasteiger partial charge in [-0.2, -0.15) is 4.98 Å². The molecule has 3 rings (SSSR count). The Morgan fingerprint density at radius 3 is 2.41 bits per heavy atom. The molecule has 2 aromatic heterocycles. The molecule has 0 aliphatic heterocycles. The number of nitrogens with one attached hydrogen (secondary N) is 2. The second-order valence-corrected chi connectivity index (χ2v) is 7.22. The highest BCUT2D eigenvalue weighted by atomic mass is 16.4. The number of hydrogen-bond donors (Lipinski definition) is 6. The maximum absolute atomic E-state index is 12.4. The topological polar surface area (TPSA) is 186 Å². The van der Waals surface area contributed by atoms with E-state index in [1.54, 1.807) is 25.3 Å². The predicted molar refractivity (Wildman–Crippen MR) is 111 cm³/mol. The van der Waals surface area contributed by atoms with Gasteiger partial charge in [0.2, 0.25) is 5.88 Å². The monoisotopic (exact) mass is 442 g/mol. The van der Waals surface area contributed by atoms with Gasteiger partial charge in [-0.15, -0.1) is 0 Å². The van der Waals surface area contributed by atoms with E-state index in [4.69, 9.17) is 5.11 Å². The van der Waals surface area contributed by atoms with Crippen LogP contribution in [0.15, 0.2) is 30.5 Å². The van der Waals surface area contributed by atoms with Crippen molar-refractivity contribution in [3.05, 3.63) is 53.0 Å². The van der Waals surface area contributed by atoms with Gasteiger partial charge in [0.15, 0.2) is 0 Å². The summed E-state index contributed by atoms with van der Waals surface area (Å²) < 4.78 is 0. The van der Waals surface area contributed by atoms with Crippen LogP contribution in [0.1, 0.15) is 46.1 Å². The molecule has 2 atom stereocenters. The third-order valence-corrected chi connectivity index (χ3v) is 5.04. The number of aromatic amines is 1. The number of rotatable bonds is 9. The fourth-order valence-corrected chi connectivity index (χ4v) is 3.44. The first-order chi connectivity index (χ1) is 15.2. The Kier molecular flexibility index (Phi) is 6.69. The molecule has 0 bridgehead atoms. The standard InChI is InChI=1S/C21H22N4O7/c1-10-23-18-17(20(30)24-10)13(8-22-18)14(9-26)11-2-4-12(5-3-11)19(29)25-15(21(31)32)6-7-16(27)28/h2-5,8,14-15,26H,6-7,9H2,1H3,(H,25,29)(H,27,28)(H,31,32)(H2,22,23,24,30)/t14?,15-/m0/s1. The van der Waals surface area contributed by atoms with Gasteiger partial charge in [-0.1, -0.05) is 12.1 Å². The number of aryl methyl sites for hydroxylation is 1. The maximum Gasteiger partial charge on any atom is 0.326 e. The zero-order valence-corrected chi connectivity index (χ0v) is 17.1. The molecule has 11 heteroatoms. The number of hydrogen-bond acceptors (Lipinski definition) is 7. The average molecular weight is 442 g/mol. The molecule has 0 aliphatic rings. The number of carboxylic acid groups (broad SMARTS) is 2. The quantitative estimate of drug-likeness (QED) is 0.283. The minimum absolute atomic E-state index is 0.174. The molecule has 2 heterocycles. The molecule has 0 saturated carbocycles. The SMILES string of the molecule is Cc1nc(O)c2c(C(CO)c3ccc(C(=O)N[C@@H](CCC(=O)O)C(=O)O)cc3)c[nH]c2n1. The zero-order valence-electron chi connectivity index (χ0n) is 17.1. The first kappa shape index (κ1) is 22.7. The molecule has 32 heavy (non-hydrogen) atoms. The molecule has 0 spiro atoms. The summed E-state index contributed by atoms with van der Waals surface area (Å²) in [6, 6.07) is 4.82. The average Bonchev–Trinajstić information content (AvgIpc) is 3.15. The van der Waals surface area contributed by atoms with Gasteiger partial charge in [0.1, 0.15) is 17.5 Å². The van der Waals surface area contributed by atoms with Crippen molar-refractivity contribution in [3.63, 3.8) is 0 Å². The zero-order chi connectivity index (χ0) is 23.4. The number of carbonyl (C=O) groups excluding carboxylic acids is 1. The van der Waals surface area contributed by atoms with Crippen LogP contribution in [0.3, 0.4) is 0 Å². The third-order valence-electron chi connectivity index (χ3n) is 5.04. The van der Waals surface area contributed by atoms with E-state index in [1.165, 1.54) is 12.1 Å². The largest absolute Gasteiger partial charge is 0.493 e. The molecule has 11 nitrogen and oxygen atoms in total. The number of aromatic nitrogens is 3. The molecule has 1 aromatic carbocycles. The van der Waals surface area contributed by atoms with Crippen LogP contribution < -0.4 is 5.32 Å². The molecule has 3 aromatic rings. The van der Waals surface area contributed by atoms with Gasteiger partial charge in [0, 0.05) is 24.1 Å². The van der Waals surface area contributed by atoms with E-state index in [2.05, 4.69) is 20.3 Å². The predicted octanol–water partition coefficient (Wildman–Crippen LogP) is 1.14. The third kappa shape index (κ3) is 4.83. The molecule has 1 unspecified atom stereocenters. The van der Waals surface area contributed by atoms with Gasteiger partial charge in [-0.3, -0.25) is 9.59 Å². The van der Waals surface area contributed by atoms with E-state index in [9.17, 15) is 29.7 Å². The molecule has 0 saturated heterocycles. The summed E-state index contributed by atoms with van der Waals surface area (Å²) >= 11 is 0. The van der Waals surface area contributed by atoms with Crippen LogP contribution >= 0.6 is 0 Å². The molecule has 1 amide bonds. The molecule has 0 radical (unpaired) electrons. The van der Waals surface area contributed by atoms with E-state index in [0.29, 0.717) is 28.0 Å². The van der Waals surface area contributed by atoms with Crippen molar-refractivity contribution >= 4 is 28.9 Å². The lowest BCUT2D eigenvalue weighted by Gasteiger charge is -2.16. The first-order valence-electron chi connectivity index (χ1n) is 9.72. The number of benzene rings is 1. The van der Waals surface area contributed by atoms with Crippen LogP contribution in [0.4, 0.5) is 0 Å². The smallest absolute Gasteiger partial charge is 0.326 e. The number of carbonyl (C=O) groups is 3. The maximum atomic E-state index is 12.4. The molecular weight excluding hydrogens is 420 g/mol. The summed E-state index contributed by atoms with van der Waals surface area (Å²) in [6.07, 6.45) is 0.988.